The molecule has 0 saturated carbocycles. The summed E-state index contributed by atoms with van der Waals surface area (Å²) in [6, 6.07) is 4.32. The standard InChI is InChI=1S/C20H24N4OS2/c1-23(12-14-4-3-11-26-14)19-18-15-5-2-6-16(15)27-20(18)22-17(21-19)13-24-7-9-25-10-8-24/h3-4,11H,2,5-10,12-13H2,1H3. The normalized spacial score (nSPS) is 17.5. The number of thiophene rings is 2. The zero-order chi connectivity index (χ0) is 18.2. The minimum Gasteiger partial charge on any atom is -0.379 e. The zero-order valence-corrected chi connectivity index (χ0v) is 17.2. The molecule has 0 spiro atoms. The van der Waals surface area contributed by atoms with E-state index >= 15 is 0 Å². The van der Waals surface area contributed by atoms with Crippen molar-refractivity contribution in [3.63, 3.8) is 0 Å². The van der Waals surface area contributed by atoms with E-state index in [-0.39, 0.29) is 0 Å². The third kappa shape index (κ3) is 3.49. The predicted octanol–water partition coefficient (Wildman–Crippen LogP) is 3.71. The van der Waals surface area contributed by atoms with E-state index in [0.717, 1.165) is 51.0 Å². The average molecular weight is 401 g/mol. The van der Waals surface area contributed by atoms with Gasteiger partial charge in [0.2, 0.25) is 0 Å². The lowest BCUT2D eigenvalue weighted by atomic mass is 10.2. The van der Waals surface area contributed by atoms with Crippen LogP contribution in [-0.4, -0.2) is 48.2 Å². The van der Waals surface area contributed by atoms with Crippen LogP contribution in [0.15, 0.2) is 17.5 Å². The van der Waals surface area contributed by atoms with Crippen LogP contribution in [0.3, 0.4) is 0 Å². The van der Waals surface area contributed by atoms with E-state index in [1.165, 1.54) is 44.8 Å². The maximum atomic E-state index is 5.48. The highest BCUT2D eigenvalue weighted by molar-refractivity contribution is 7.19. The molecule has 0 atom stereocenters. The van der Waals surface area contributed by atoms with Gasteiger partial charge in [0.15, 0.2) is 0 Å². The van der Waals surface area contributed by atoms with Crippen LogP contribution in [0.1, 0.15) is 27.6 Å². The first-order valence-corrected chi connectivity index (χ1v) is 11.3. The van der Waals surface area contributed by atoms with Crippen LogP contribution in [-0.2, 0) is 30.7 Å². The van der Waals surface area contributed by atoms with Crippen molar-refractivity contribution in [1.82, 2.24) is 14.9 Å². The van der Waals surface area contributed by atoms with Crippen LogP contribution in [0, 0.1) is 0 Å². The molecule has 0 unspecified atom stereocenters. The Morgan fingerprint density at radius 1 is 1.22 bits per heavy atom. The Balaban J connectivity index is 1.53. The maximum absolute atomic E-state index is 5.48. The van der Waals surface area contributed by atoms with Gasteiger partial charge < -0.3 is 9.64 Å². The first-order valence-electron chi connectivity index (χ1n) is 9.63. The van der Waals surface area contributed by atoms with E-state index in [1.54, 1.807) is 11.3 Å². The third-order valence-corrected chi connectivity index (χ3v) is 7.44. The summed E-state index contributed by atoms with van der Waals surface area (Å²) in [4.78, 5) is 18.8. The van der Waals surface area contributed by atoms with Gasteiger partial charge in [-0.25, -0.2) is 9.97 Å². The lowest BCUT2D eigenvalue weighted by Gasteiger charge is -2.26. The van der Waals surface area contributed by atoms with Crippen molar-refractivity contribution < 1.29 is 4.74 Å². The summed E-state index contributed by atoms with van der Waals surface area (Å²) in [5, 5.41) is 3.45. The van der Waals surface area contributed by atoms with Crippen LogP contribution in [0.5, 0.6) is 0 Å². The molecular weight excluding hydrogens is 376 g/mol. The Morgan fingerprint density at radius 2 is 2.11 bits per heavy atom. The van der Waals surface area contributed by atoms with Gasteiger partial charge in [-0.15, -0.1) is 22.7 Å². The lowest BCUT2D eigenvalue weighted by Crippen LogP contribution is -2.36. The van der Waals surface area contributed by atoms with Crippen molar-refractivity contribution in [2.24, 2.45) is 0 Å². The lowest BCUT2D eigenvalue weighted by molar-refractivity contribution is 0.0331. The van der Waals surface area contributed by atoms with Gasteiger partial charge in [0, 0.05) is 29.9 Å². The molecular formula is C20H24N4OS2. The number of fused-ring (bicyclic) bond motifs is 3. The van der Waals surface area contributed by atoms with Crippen molar-refractivity contribution in [3.05, 3.63) is 38.7 Å². The molecule has 142 valence electrons. The Labute approximate surface area is 167 Å². The van der Waals surface area contributed by atoms with Gasteiger partial charge >= 0.3 is 0 Å². The molecule has 0 radical (unpaired) electrons. The topological polar surface area (TPSA) is 41.5 Å². The molecule has 0 N–H and O–H groups in total. The maximum Gasteiger partial charge on any atom is 0.146 e. The molecule has 1 aliphatic carbocycles. The number of rotatable bonds is 5. The number of aryl methyl sites for hydroxylation is 2. The summed E-state index contributed by atoms with van der Waals surface area (Å²) in [7, 11) is 2.17. The quantitative estimate of drug-likeness (QED) is 0.653. The third-order valence-electron chi connectivity index (χ3n) is 5.40. The summed E-state index contributed by atoms with van der Waals surface area (Å²) in [5.41, 5.74) is 1.50. The fraction of sp³-hybridized carbons (Fsp3) is 0.500. The molecule has 1 saturated heterocycles. The van der Waals surface area contributed by atoms with Crippen molar-refractivity contribution in [2.75, 3.05) is 38.3 Å². The van der Waals surface area contributed by atoms with Crippen LogP contribution in [0.4, 0.5) is 5.82 Å². The average Bonchev–Trinajstić information content (AvgIpc) is 3.39. The van der Waals surface area contributed by atoms with Crippen molar-refractivity contribution >= 4 is 38.7 Å². The number of morpholine rings is 1. The second kappa shape index (κ2) is 7.47. The summed E-state index contributed by atoms with van der Waals surface area (Å²) < 4.78 is 5.48. The molecule has 5 rings (SSSR count). The van der Waals surface area contributed by atoms with Crippen LogP contribution < -0.4 is 4.90 Å². The number of nitrogens with zero attached hydrogens (tertiary/aromatic N) is 4. The predicted molar refractivity (Wildman–Crippen MR) is 112 cm³/mol. The van der Waals surface area contributed by atoms with Crippen LogP contribution in [0.2, 0.25) is 0 Å². The molecule has 0 amide bonds. The minimum atomic E-state index is 0.806. The molecule has 2 aliphatic rings. The molecule has 1 fully saturated rings. The minimum absolute atomic E-state index is 0.806. The molecule has 5 nitrogen and oxygen atoms in total. The number of aromatic nitrogens is 2. The van der Waals surface area contributed by atoms with E-state index in [0.29, 0.717) is 0 Å². The number of hydrogen-bond acceptors (Lipinski definition) is 7. The number of ether oxygens (including phenoxy) is 1. The molecule has 1 aliphatic heterocycles. The summed E-state index contributed by atoms with van der Waals surface area (Å²) >= 11 is 3.69. The van der Waals surface area contributed by atoms with Gasteiger partial charge in [-0.3, -0.25) is 4.90 Å². The first-order chi connectivity index (χ1) is 13.3. The summed E-state index contributed by atoms with van der Waals surface area (Å²) in [6.07, 6.45) is 3.63. The summed E-state index contributed by atoms with van der Waals surface area (Å²) in [5.74, 6) is 2.05. The van der Waals surface area contributed by atoms with E-state index in [4.69, 9.17) is 14.7 Å². The largest absolute Gasteiger partial charge is 0.379 e. The fourth-order valence-corrected chi connectivity index (χ4v) is 6.07. The van der Waals surface area contributed by atoms with E-state index < -0.39 is 0 Å². The number of anilines is 1. The highest BCUT2D eigenvalue weighted by Crippen LogP contribution is 2.40. The summed E-state index contributed by atoms with van der Waals surface area (Å²) in [6.45, 7) is 5.24. The van der Waals surface area contributed by atoms with Crippen LogP contribution >= 0.6 is 22.7 Å². The fourth-order valence-electron chi connectivity index (χ4n) is 4.04. The Kier molecular flexibility index (Phi) is 4.85. The van der Waals surface area contributed by atoms with Crippen molar-refractivity contribution in [3.8, 4) is 0 Å². The van der Waals surface area contributed by atoms with Crippen molar-refractivity contribution in [2.45, 2.75) is 32.4 Å². The van der Waals surface area contributed by atoms with E-state index in [1.807, 2.05) is 11.3 Å². The second-order valence-electron chi connectivity index (χ2n) is 7.32. The van der Waals surface area contributed by atoms with Gasteiger partial charge in [0.25, 0.3) is 0 Å². The van der Waals surface area contributed by atoms with Gasteiger partial charge in [0.05, 0.1) is 31.7 Å². The van der Waals surface area contributed by atoms with Gasteiger partial charge in [0.1, 0.15) is 16.5 Å². The Bertz CT molecular complexity index is 931. The molecule has 4 heterocycles. The highest BCUT2D eigenvalue weighted by Gasteiger charge is 2.24. The molecule has 0 bridgehead atoms. The Hall–Kier alpha value is -1.54. The van der Waals surface area contributed by atoms with Gasteiger partial charge in [-0.1, -0.05) is 6.07 Å². The van der Waals surface area contributed by atoms with Gasteiger partial charge in [-0.2, -0.15) is 0 Å². The van der Waals surface area contributed by atoms with Crippen molar-refractivity contribution in [1.29, 1.82) is 0 Å². The highest BCUT2D eigenvalue weighted by atomic mass is 32.1. The molecule has 7 heteroatoms. The SMILES string of the molecule is CN(Cc1cccs1)c1nc(CN2CCOCC2)nc2sc3c(c12)CCC3. The smallest absolute Gasteiger partial charge is 0.146 e. The van der Waals surface area contributed by atoms with Crippen LogP contribution in [0.25, 0.3) is 10.2 Å². The second-order valence-corrected chi connectivity index (χ2v) is 9.44. The molecule has 3 aromatic rings. The first kappa shape index (κ1) is 17.6. The monoisotopic (exact) mass is 400 g/mol. The van der Waals surface area contributed by atoms with E-state index in [9.17, 15) is 0 Å². The molecule has 27 heavy (non-hydrogen) atoms. The zero-order valence-electron chi connectivity index (χ0n) is 15.6. The molecule has 3 aromatic heterocycles. The van der Waals surface area contributed by atoms with Gasteiger partial charge in [-0.05, 0) is 36.3 Å². The van der Waals surface area contributed by atoms with E-state index in [2.05, 4.69) is 34.4 Å². The number of hydrogen-bond donors (Lipinski definition) is 0. The molecule has 0 aromatic carbocycles. The Morgan fingerprint density at radius 3 is 2.93 bits per heavy atom.